The van der Waals surface area contributed by atoms with Gasteiger partial charge < -0.3 is 5.11 Å². The van der Waals surface area contributed by atoms with Crippen molar-refractivity contribution in [1.29, 1.82) is 0 Å². The van der Waals surface area contributed by atoms with Gasteiger partial charge in [0, 0.05) is 4.47 Å². The number of aliphatic hydroxyl groups excluding tert-OH is 1. The maximum Gasteiger partial charge on any atom is 0.416 e. The van der Waals surface area contributed by atoms with E-state index >= 15 is 0 Å². The highest BCUT2D eigenvalue weighted by molar-refractivity contribution is 9.10. The Balaban J connectivity index is 2.44. The van der Waals surface area contributed by atoms with E-state index in [1.54, 1.807) is 12.1 Å². The van der Waals surface area contributed by atoms with E-state index in [-0.39, 0.29) is 5.56 Å². The van der Waals surface area contributed by atoms with E-state index < -0.39 is 17.8 Å². The van der Waals surface area contributed by atoms with Gasteiger partial charge in [-0.1, -0.05) is 46.3 Å². The second kappa shape index (κ2) is 5.58. The maximum absolute atomic E-state index is 12.7. The second-order valence-electron chi connectivity index (χ2n) is 4.50. The Morgan fingerprint density at radius 2 is 1.75 bits per heavy atom. The van der Waals surface area contributed by atoms with Crippen molar-refractivity contribution >= 4 is 15.9 Å². The van der Waals surface area contributed by atoms with Crippen LogP contribution in [0, 0.1) is 6.92 Å². The van der Waals surface area contributed by atoms with Crippen LogP contribution in [0.5, 0.6) is 0 Å². The Labute approximate surface area is 123 Å². The molecule has 1 nitrogen and oxygen atoms in total. The summed E-state index contributed by atoms with van der Waals surface area (Å²) in [6.45, 7) is 1.85. The molecule has 0 saturated carbocycles. The smallest absolute Gasteiger partial charge is 0.384 e. The molecule has 20 heavy (non-hydrogen) atoms. The summed E-state index contributed by atoms with van der Waals surface area (Å²) in [6, 6.07) is 10.0. The molecule has 0 amide bonds. The summed E-state index contributed by atoms with van der Waals surface area (Å²) < 4.78 is 38.8. The summed E-state index contributed by atoms with van der Waals surface area (Å²) in [5.74, 6) is 0. The average Bonchev–Trinajstić information content (AvgIpc) is 2.40. The zero-order valence-corrected chi connectivity index (χ0v) is 12.2. The molecule has 5 heteroatoms. The normalized spacial score (nSPS) is 13.3. The molecule has 1 atom stereocenters. The number of halogens is 4. The first-order chi connectivity index (χ1) is 9.30. The fourth-order valence-electron chi connectivity index (χ4n) is 1.95. The first-order valence-corrected chi connectivity index (χ1v) is 6.70. The fourth-order valence-corrected chi connectivity index (χ4v) is 2.43. The Bertz CT molecular complexity index is 623. The molecule has 0 bridgehead atoms. The van der Waals surface area contributed by atoms with E-state index in [1.807, 2.05) is 13.0 Å². The van der Waals surface area contributed by atoms with Gasteiger partial charge in [-0.25, -0.2) is 0 Å². The van der Waals surface area contributed by atoms with E-state index in [0.29, 0.717) is 10.0 Å². The van der Waals surface area contributed by atoms with Crippen LogP contribution in [0.15, 0.2) is 46.9 Å². The van der Waals surface area contributed by atoms with Crippen LogP contribution in [0.1, 0.15) is 28.4 Å². The topological polar surface area (TPSA) is 20.2 Å². The van der Waals surface area contributed by atoms with Crippen LogP contribution in [0.2, 0.25) is 0 Å². The van der Waals surface area contributed by atoms with Crippen molar-refractivity contribution in [2.45, 2.75) is 19.2 Å². The third-order valence-electron chi connectivity index (χ3n) is 3.05. The summed E-state index contributed by atoms with van der Waals surface area (Å²) in [5.41, 5.74) is 0.904. The SMILES string of the molecule is Cc1cccc(C(O)c2cccc(C(F)(F)F)c2)c1Br. The van der Waals surface area contributed by atoms with Crippen LogP contribution < -0.4 is 0 Å². The summed E-state index contributed by atoms with van der Waals surface area (Å²) in [6.07, 6.45) is -5.52. The highest BCUT2D eigenvalue weighted by atomic mass is 79.9. The summed E-state index contributed by atoms with van der Waals surface area (Å²) in [4.78, 5) is 0. The first kappa shape index (κ1) is 15.1. The molecule has 2 aromatic carbocycles. The molecule has 0 aliphatic carbocycles. The molecular weight excluding hydrogens is 333 g/mol. The third-order valence-corrected chi connectivity index (χ3v) is 4.13. The van der Waals surface area contributed by atoms with Crippen molar-refractivity contribution in [1.82, 2.24) is 0 Å². The molecule has 2 rings (SSSR count). The minimum Gasteiger partial charge on any atom is -0.384 e. The van der Waals surface area contributed by atoms with Crippen LogP contribution in [-0.2, 0) is 6.18 Å². The molecule has 0 fully saturated rings. The van der Waals surface area contributed by atoms with Crippen molar-refractivity contribution in [3.05, 3.63) is 69.2 Å². The van der Waals surface area contributed by atoms with Gasteiger partial charge in [0.15, 0.2) is 0 Å². The van der Waals surface area contributed by atoms with Crippen molar-refractivity contribution in [2.75, 3.05) is 0 Å². The van der Waals surface area contributed by atoms with Gasteiger partial charge in [-0.05, 0) is 35.7 Å². The number of benzene rings is 2. The molecule has 0 heterocycles. The number of hydrogen-bond acceptors (Lipinski definition) is 1. The lowest BCUT2D eigenvalue weighted by molar-refractivity contribution is -0.137. The van der Waals surface area contributed by atoms with Gasteiger partial charge in [-0.3, -0.25) is 0 Å². The molecule has 0 saturated heterocycles. The largest absolute Gasteiger partial charge is 0.416 e. The Kier molecular flexibility index (Phi) is 4.20. The van der Waals surface area contributed by atoms with Gasteiger partial charge in [0.2, 0.25) is 0 Å². The van der Waals surface area contributed by atoms with Gasteiger partial charge in [0.25, 0.3) is 0 Å². The summed E-state index contributed by atoms with van der Waals surface area (Å²) in [7, 11) is 0. The number of hydrogen-bond donors (Lipinski definition) is 1. The van der Waals surface area contributed by atoms with Crippen molar-refractivity contribution in [2.24, 2.45) is 0 Å². The minimum absolute atomic E-state index is 0.214. The Hall–Kier alpha value is -1.33. The van der Waals surface area contributed by atoms with Gasteiger partial charge in [-0.15, -0.1) is 0 Å². The number of alkyl halides is 3. The van der Waals surface area contributed by atoms with Crippen LogP contribution in [0.25, 0.3) is 0 Å². The zero-order valence-electron chi connectivity index (χ0n) is 10.6. The van der Waals surface area contributed by atoms with Crippen LogP contribution in [-0.4, -0.2) is 5.11 Å². The Morgan fingerprint density at radius 1 is 1.10 bits per heavy atom. The molecule has 0 aliphatic heterocycles. The minimum atomic E-state index is -4.42. The van der Waals surface area contributed by atoms with Crippen LogP contribution in [0.3, 0.4) is 0 Å². The lowest BCUT2D eigenvalue weighted by Gasteiger charge is -2.16. The van der Waals surface area contributed by atoms with Gasteiger partial charge in [0.05, 0.1) is 5.56 Å². The average molecular weight is 345 g/mol. The highest BCUT2D eigenvalue weighted by Crippen LogP contribution is 2.34. The standard InChI is InChI=1S/C15H12BrF3O/c1-9-4-2-7-12(13(9)16)14(20)10-5-3-6-11(8-10)15(17,18)19/h2-8,14,20H,1H3. The van der Waals surface area contributed by atoms with E-state index in [4.69, 9.17) is 0 Å². The van der Waals surface area contributed by atoms with Crippen LogP contribution in [0.4, 0.5) is 13.2 Å². The van der Waals surface area contributed by atoms with Crippen LogP contribution >= 0.6 is 15.9 Å². The lowest BCUT2D eigenvalue weighted by Crippen LogP contribution is -2.07. The molecule has 2 aromatic rings. The number of aryl methyl sites for hydroxylation is 1. The quantitative estimate of drug-likeness (QED) is 0.824. The van der Waals surface area contributed by atoms with Crippen molar-refractivity contribution < 1.29 is 18.3 Å². The summed E-state index contributed by atoms with van der Waals surface area (Å²) in [5, 5.41) is 10.3. The highest BCUT2D eigenvalue weighted by Gasteiger charge is 2.31. The zero-order chi connectivity index (χ0) is 14.9. The molecule has 0 radical (unpaired) electrons. The number of rotatable bonds is 2. The molecule has 1 unspecified atom stereocenters. The molecule has 106 valence electrons. The molecule has 0 spiro atoms. The van der Waals surface area contributed by atoms with E-state index in [1.165, 1.54) is 12.1 Å². The molecule has 0 aliphatic rings. The van der Waals surface area contributed by atoms with Crippen molar-refractivity contribution in [3.8, 4) is 0 Å². The van der Waals surface area contributed by atoms with E-state index in [0.717, 1.165) is 17.7 Å². The third kappa shape index (κ3) is 3.04. The summed E-state index contributed by atoms with van der Waals surface area (Å²) >= 11 is 3.35. The number of aliphatic hydroxyl groups is 1. The molecule has 0 aromatic heterocycles. The fraction of sp³-hybridized carbons (Fsp3) is 0.200. The monoisotopic (exact) mass is 344 g/mol. The van der Waals surface area contributed by atoms with Gasteiger partial charge in [-0.2, -0.15) is 13.2 Å². The molecular formula is C15H12BrF3O. The van der Waals surface area contributed by atoms with E-state index in [9.17, 15) is 18.3 Å². The van der Waals surface area contributed by atoms with Gasteiger partial charge in [0.1, 0.15) is 6.10 Å². The van der Waals surface area contributed by atoms with E-state index in [2.05, 4.69) is 15.9 Å². The Morgan fingerprint density at radius 3 is 2.40 bits per heavy atom. The van der Waals surface area contributed by atoms with Gasteiger partial charge >= 0.3 is 6.18 Å². The maximum atomic E-state index is 12.7. The molecule has 1 N–H and O–H groups in total. The first-order valence-electron chi connectivity index (χ1n) is 5.91. The second-order valence-corrected chi connectivity index (χ2v) is 5.30. The predicted octanol–water partition coefficient (Wildman–Crippen LogP) is 4.86. The lowest BCUT2D eigenvalue weighted by atomic mass is 9.98. The predicted molar refractivity (Wildman–Crippen MR) is 74.4 cm³/mol. The van der Waals surface area contributed by atoms with Crippen molar-refractivity contribution in [3.63, 3.8) is 0 Å².